The highest BCUT2D eigenvalue weighted by atomic mass is 19.1. The smallest absolute Gasteiger partial charge is 0.412 e. The van der Waals surface area contributed by atoms with Crippen LogP contribution in [0.4, 0.5) is 23.7 Å². The lowest BCUT2D eigenvalue weighted by molar-refractivity contribution is -0.117. The van der Waals surface area contributed by atoms with E-state index in [1.54, 1.807) is 46.8 Å². The molecule has 0 radical (unpaired) electrons. The Balaban J connectivity index is 1.63. The Labute approximate surface area is 260 Å². The summed E-state index contributed by atoms with van der Waals surface area (Å²) in [6.45, 7) is 8.97. The molecular weight excluding hydrogens is 587 g/mol. The van der Waals surface area contributed by atoms with E-state index in [4.69, 9.17) is 9.47 Å². The average Bonchev–Trinajstić information content (AvgIpc) is 3.25. The average molecular weight is 624 g/mol. The molecule has 1 aliphatic rings. The lowest BCUT2D eigenvalue weighted by Gasteiger charge is -2.35. The second-order valence-electron chi connectivity index (χ2n) is 12.3. The first-order chi connectivity index (χ1) is 21.2. The van der Waals surface area contributed by atoms with Gasteiger partial charge in [0.25, 0.3) is 0 Å². The molecule has 3 aromatic carbocycles. The second kappa shape index (κ2) is 13.6. The van der Waals surface area contributed by atoms with Crippen molar-refractivity contribution in [1.82, 2.24) is 4.90 Å². The van der Waals surface area contributed by atoms with Crippen LogP contribution in [-0.2, 0) is 20.7 Å². The largest absolute Gasteiger partial charge is 0.444 e. The van der Waals surface area contributed by atoms with E-state index in [0.717, 1.165) is 0 Å². The van der Waals surface area contributed by atoms with E-state index in [1.165, 1.54) is 59.5 Å². The molecule has 0 spiro atoms. The third kappa shape index (κ3) is 8.14. The maximum Gasteiger partial charge on any atom is 0.412 e. The molecule has 0 aliphatic carbocycles. The van der Waals surface area contributed by atoms with Crippen molar-refractivity contribution in [1.29, 1.82) is 0 Å². The van der Waals surface area contributed by atoms with Crippen LogP contribution in [0.2, 0.25) is 0 Å². The molecule has 2 amide bonds. The number of nitrogens with zero attached hydrogens (tertiary/aromatic N) is 4. The van der Waals surface area contributed by atoms with Gasteiger partial charge in [-0.3, -0.25) is 9.69 Å². The van der Waals surface area contributed by atoms with Gasteiger partial charge < -0.3 is 14.8 Å². The number of benzene rings is 3. The number of rotatable bonds is 9. The van der Waals surface area contributed by atoms with Crippen molar-refractivity contribution in [3.63, 3.8) is 0 Å². The van der Waals surface area contributed by atoms with Crippen molar-refractivity contribution < 1.29 is 32.2 Å². The number of carbonyl (C=O) groups is 2. The normalized spacial score (nSPS) is 16.6. The highest BCUT2D eigenvalue weighted by Gasteiger charge is 2.45. The highest BCUT2D eigenvalue weighted by molar-refractivity contribution is 5.96. The predicted octanol–water partition coefficient (Wildman–Crippen LogP) is 7.86. The first kappa shape index (κ1) is 33.4. The Bertz CT molecular complexity index is 1560. The quantitative estimate of drug-likeness (QED) is 0.148. The van der Waals surface area contributed by atoms with Gasteiger partial charge >= 0.3 is 6.09 Å². The van der Waals surface area contributed by atoms with Crippen molar-refractivity contribution >= 4 is 17.7 Å². The molecule has 0 unspecified atom stereocenters. The van der Waals surface area contributed by atoms with E-state index >= 15 is 4.39 Å². The Kier molecular flexibility index (Phi) is 10.1. The summed E-state index contributed by atoms with van der Waals surface area (Å²) in [6.07, 6.45) is -0.175. The number of carbonyl (C=O) groups excluding carboxylic acids is 2. The van der Waals surface area contributed by atoms with Gasteiger partial charge in [-0.2, -0.15) is 0 Å². The summed E-state index contributed by atoms with van der Waals surface area (Å²) >= 11 is 0. The van der Waals surface area contributed by atoms with Gasteiger partial charge in [-0.05, 0) is 101 Å². The van der Waals surface area contributed by atoms with Crippen LogP contribution < -0.4 is 5.32 Å². The second-order valence-corrected chi connectivity index (χ2v) is 12.3. The molecule has 4 rings (SSSR count). The van der Waals surface area contributed by atoms with E-state index in [-0.39, 0.29) is 41.8 Å². The first-order valence-corrected chi connectivity index (χ1v) is 14.5. The molecule has 0 aromatic heterocycles. The molecule has 3 aromatic rings. The summed E-state index contributed by atoms with van der Waals surface area (Å²) in [6, 6.07) is 13.0. The Hall–Kier alpha value is -4.54. The van der Waals surface area contributed by atoms with Crippen molar-refractivity contribution in [2.75, 3.05) is 11.9 Å². The van der Waals surface area contributed by atoms with E-state index < -0.39 is 58.8 Å². The number of hydrogen-bond donors (Lipinski definition) is 1. The first-order valence-electron chi connectivity index (χ1n) is 14.5. The summed E-state index contributed by atoms with van der Waals surface area (Å²) in [5.41, 5.74) is 8.55. The molecule has 1 fully saturated rings. The van der Waals surface area contributed by atoms with Gasteiger partial charge in [-0.25, -0.2) is 18.0 Å². The van der Waals surface area contributed by atoms with Crippen LogP contribution in [0.1, 0.15) is 63.6 Å². The van der Waals surface area contributed by atoms with Gasteiger partial charge in [0, 0.05) is 22.1 Å². The van der Waals surface area contributed by atoms with Crippen LogP contribution in [0.15, 0.2) is 71.8 Å². The molecule has 0 saturated carbocycles. The van der Waals surface area contributed by atoms with Gasteiger partial charge in [-0.1, -0.05) is 35.4 Å². The van der Waals surface area contributed by atoms with Crippen molar-refractivity contribution in [3.05, 3.63) is 111 Å². The Morgan fingerprint density at radius 1 is 1.07 bits per heavy atom. The van der Waals surface area contributed by atoms with Crippen molar-refractivity contribution in [2.45, 2.75) is 76.8 Å². The van der Waals surface area contributed by atoms with Gasteiger partial charge in [0.2, 0.25) is 5.91 Å². The number of ether oxygens (including phenoxy) is 2. The van der Waals surface area contributed by atoms with Crippen molar-refractivity contribution in [2.24, 2.45) is 5.11 Å². The summed E-state index contributed by atoms with van der Waals surface area (Å²) in [7, 11) is 0. The van der Waals surface area contributed by atoms with E-state index in [0.29, 0.717) is 0 Å². The number of hydrogen-bond acceptors (Lipinski definition) is 5. The molecule has 1 saturated heterocycles. The van der Waals surface area contributed by atoms with Crippen LogP contribution >= 0.6 is 0 Å². The summed E-state index contributed by atoms with van der Waals surface area (Å²) in [5.74, 6) is -3.66. The lowest BCUT2D eigenvalue weighted by Crippen LogP contribution is -2.50. The minimum Gasteiger partial charge on any atom is -0.444 e. The number of anilines is 1. The Morgan fingerprint density at radius 3 is 2.22 bits per heavy atom. The maximum absolute atomic E-state index is 15.3. The maximum atomic E-state index is 15.3. The predicted molar refractivity (Wildman–Crippen MR) is 163 cm³/mol. The highest BCUT2D eigenvalue weighted by Crippen LogP contribution is 2.34. The fraction of sp³-hybridized carbons (Fsp3) is 0.394. The molecular formula is C33H36F3N5O4. The fourth-order valence-corrected chi connectivity index (χ4v) is 5.51. The molecule has 9 nitrogen and oxygen atoms in total. The van der Waals surface area contributed by atoms with Crippen LogP contribution in [0.3, 0.4) is 0 Å². The minimum absolute atomic E-state index is 0.106. The summed E-state index contributed by atoms with van der Waals surface area (Å²) < 4.78 is 55.3. The SMILES string of the molecule is CC(C)(C)OC(=O)N1[C@@H](CCc2c(F)cccc2NC(=O)[C@@H](N=[N+]=[N-])C(c2cccc(F)c2)c2cccc(F)c2)COC1(C)C. The number of amides is 2. The third-order valence-electron chi connectivity index (χ3n) is 7.44. The zero-order chi connectivity index (χ0) is 32.9. The summed E-state index contributed by atoms with van der Waals surface area (Å²) in [5, 5.41) is 6.40. The van der Waals surface area contributed by atoms with E-state index in [1.807, 2.05) is 0 Å². The molecule has 1 aliphatic heterocycles. The lowest BCUT2D eigenvalue weighted by atomic mass is 9.84. The van der Waals surface area contributed by atoms with Gasteiger partial charge in [0.15, 0.2) is 0 Å². The molecule has 12 heteroatoms. The van der Waals surface area contributed by atoms with E-state index in [2.05, 4.69) is 15.3 Å². The number of nitrogens with one attached hydrogen (secondary N) is 1. The molecule has 1 N–H and O–H groups in total. The monoisotopic (exact) mass is 623 g/mol. The van der Waals surface area contributed by atoms with Crippen LogP contribution in [0, 0.1) is 17.5 Å². The zero-order valence-electron chi connectivity index (χ0n) is 25.8. The van der Waals surface area contributed by atoms with Gasteiger partial charge in [-0.15, -0.1) is 0 Å². The topological polar surface area (TPSA) is 117 Å². The van der Waals surface area contributed by atoms with Crippen LogP contribution in [-0.4, -0.2) is 46.9 Å². The molecule has 1 heterocycles. The zero-order valence-corrected chi connectivity index (χ0v) is 25.8. The summed E-state index contributed by atoms with van der Waals surface area (Å²) in [4.78, 5) is 31.2. The van der Waals surface area contributed by atoms with Gasteiger partial charge in [0.1, 0.15) is 34.8 Å². The number of halogens is 3. The standard InChI is InChI=1S/C33H36F3N5O4/c1-32(2,3)45-31(43)41-24(19-44-33(41,4)5)15-16-25-26(36)13-8-14-27(25)38-30(42)29(39-40-37)28(20-9-6-11-22(34)17-20)21-10-7-12-23(35)18-21/h6-14,17-18,24,28-29H,15-16,19H2,1-5H3,(H,38,42)/t24-,29-/m0/s1. The van der Waals surface area contributed by atoms with E-state index in [9.17, 15) is 23.9 Å². The van der Waals surface area contributed by atoms with Crippen LogP contribution in [0.5, 0.6) is 0 Å². The Morgan fingerprint density at radius 2 is 1.67 bits per heavy atom. The fourth-order valence-electron chi connectivity index (χ4n) is 5.51. The van der Waals surface area contributed by atoms with Gasteiger partial charge in [0.05, 0.1) is 12.6 Å². The molecule has 45 heavy (non-hydrogen) atoms. The number of azide groups is 1. The minimum atomic E-state index is -1.50. The molecule has 2 atom stereocenters. The molecule has 238 valence electrons. The molecule has 0 bridgehead atoms. The third-order valence-corrected chi connectivity index (χ3v) is 7.44. The van der Waals surface area contributed by atoms with Crippen molar-refractivity contribution in [3.8, 4) is 0 Å². The van der Waals surface area contributed by atoms with Crippen LogP contribution in [0.25, 0.3) is 10.4 Å².